The first kappa shape index (κ1) is 15.5. The highest BCUT2D eigenvalue weighted by molar-refractivity contribution is 5.94. The van der Waals surface area contributed by atoms with Crippen molar-refractivity contribution in [2.75, 3.05) is 26.8 Å². The maximum atomic E-state index is 12.6. The van der Waals surface area contributed by atoms with Crippen LogP contribution in [-0.2, 0) is 9.47 Å². The van der Waals surface area contributed by atoms with Crippen molar-refractivity contribution in [1.29, 1.82) is 0 Å². The van der Waals surface area contributed by atoms with Crippen LogP contribution in [0.25, 0.3) is 0 Å². The minimum Gasteiger partial charge on any atom is -0.378 e. The highest BCUT2D eigenvalue weighted by Crippen LogP contribution is 2.37. The molecule has 0 radical (unpaired) electrons. The molecule has 4 nitrogen and oxygen atoms in total. The molecule has 1 atom stereocenters. The van der Waals surface area contributed by atoms with E-state index in [1.54, 1.807) is 7.11 Å². The topological polar surface area (TPSA) is 38.8 Å². The quantitative estimate of drug-likeness (QED) is 0.843. The predicted octanol–water partition coefficient (Wildman–Crippen LogP) is 2.80. The molecule has 2 aliphatic rings. The molecule has 1 spiro atoms. The van der Waals surface area contributed by atoms with Gasteiger partial charge in [0.25, 0.3) is 5.91 Å². The molecule has 22 heavy (non-hydrogen) atoms. The maximum Gasteiger partial charge on any atom is 0.253 e. The Hall–Kier alpha value is -1.39. The monoisotopic (exact) mass is 303 g/mol. The van der Waals surface area contributed by atoms with Crippen LogP contribution < -0.4 is 0 Å². The van der Waals surface area contributed by atoms with Crippen LogP contribution in [0.15, 0.2) is 24.3 Å². The standard InChI is InChI=1S/C18H25NO3/c1-14-5-7-15(8-6-14)17(20)19-11-9-18(10-12-19)16(21-2)4-3-13-22-18/h5-8,16H,3-4,9-13H2,1-2H3. The van der Waals surface area contributed by atoms with Crippen molar-refractivity contribution in [3.05, 3.63) is 35.4 Å². The highest BCUT2D eigenvalue weighted by atomic mass is 16.5. The molecule has 2 aliphatic heterocycles. The zero-order valence-corrected chi connectivity index (χ0v) is 13.5. The fourth-order valence-corrected chi connectivity index (χ4v) is 3.67. The normalized spacial score (nSPS) is 24.5. The van der Waals surface area contributed by atoms with Gasteiger partial charge in [0.1, 0.15) is 0 Å². The van der Waals surface area contributed by atoms with Gasteiger partial charge in [-0.2, -0.15) is 0 Å². The van der Waals surface area contributed by atoms with Crippen LogP contribution in [0.1, 0.15) is 41.6 Å². The molecule has 1 unspecified atom stereocenters. The summed E-state index contributed by atoms with van der Waals surface area (Å²) in [5.74, 6) is 0.125. The van der Waals surface area contributed by atoms with Gasteiger partial charge in [0.05, 0.1) is 11.7 Å². The molecule has 0 aromatic heterocycles. The second-order valence-electron chi connectivity index (χ2n) is 6.44. The first-order valence-electron chi connectivity index (χ1n) is 8.17. The minimum atomic E-state index is -0.183. The summed E-state index contributed by atoms with van der Waals surface area (Å²) in [7, 11) is 1.77. The smallest absolute Gasteiger partial charge is 0.253 e. The number of hydrogen-bond donors (Lipinski definition) is 0. The van der Waals surface area contributed by atoms with Crippen LogP contribution in [-0.4, -0.2) is 49.3 Å². The van der Waals surface area contributed by atoms with Gasteiger partial charge in [0.15, 0.2) is 0 Å². The SMILES string of the molecule is COC1CCCOC12CCN(C(=O)c1ccc(C)cc1)CC2. The molecule has 120 valence electrons. The van der Waals surface area contributed by atoms with E-state index in [1.807, 2.05) is 36.1 Å². The van der Waals surface area contributed by atoms with Crippen molar-refractivity contribution in [3.63, 3.8) is 0 Å². The van der Waals surface area contributed by atoms with Crippen molar-refractivity contribution in [1.82, 2.24) is 4.90 Å². The Morgan fingerprint density at radius 1 is 1.27 bits per heavy atom. The minimum absolute atomic E-state index is 0.125. The summed E-state index contributed by atoms with van der Waals surface area (Å²) in [6.45, 7) is 4.33. The number of amides is 1. The lowest BCUT2D eigenvalue weighted by Gasteiger charge is -2.48. The zero-order chi connectivity index (χ0) is 15.6. The van der Waals surface area contributed by atoms with Gasteiger partial charge >= 0.3 is 0 Å². The van der Waals surface area contributed by atoms with Crippen molar-refractivity contribution in [2.24, 2.45) is 0 Å². The Morgan fingerprint density at radius 3 is 2.59 bits per heavy atom. The summed E-state index contributed by atoms with van der Waals surface area (Å²) in [5.41, 5.74) is 1.76. The van der Waals surface area contributed by atoms with Gasteiger partial charge in [-0.25, -0.2) is 0 Å². The number of carbonyl (C=O) groups excluding carboxylic acids is 1. The molecule has 1 aromatic rings. The number of methoxy groups -OCH3 is 1. The molecule has 0 saturated carbocycles. The van der Waals surface area contributed by atoms with Crippen LogP contribution in [0, 0.1) is 6.92 Å². The predicted molar refractivity (Wildman–Crippen MR) is 85.0 cm³/mol. The van der Waals surface area contributed by atoms with Crippen LogP contribution in [0.2, 0.25) is 0 Å². The third kappa shape index (κ3) is 2.90. The van der Waals surface area contributed by atoms with Crippen molar-refractivity contribution in [3.8, 4) is 0 Å². The molecule has 2 saturated heterocycles. The number of aryl methyl sites for hydroxylation is 1. The number of carbonyl (C=O) groups is 1. The van der Waals surface area contributed by atoms with Crippen molar-refractivity contribution >= 4 is 5.91 Å². The summed E-state index contributed by atoms with van der Waals surface area (Å²) in [5, 5.41) is 0. The van der Waals surface area contributed by atoms with Crippen LogP contribution in [0.5, 0.6) is 0 Å². The molecule has 2 fully saturated rings. The number of ether oxygens (including phenoxy) is 2. The van der Waals surface area contributed by atoms with Crippen molar-refractivity contribution < 1.29 is 14.3 Å². The Balaban J connectivity index is 1.66. The van der Waals surface area contributed by atoms with Gasteiger partial charge in [-0.1, -0.05) is 17.7 Å². The second-order valence-corrected chi connectivity index (χ2v) is 6.44. The van der Waals surface area contributed by atoms with Crippen LogP contribution in [0.4, 0.5) is 0 Å². The molecule has 4 heteroatoms. The largest absolute Gasteiger partial charge is 0.378 e. The van der Waals surface area contributed by atoms with Gasteiger partial charge in [0, 0.05) is 32.4 Å². The number of nitrogens with zero attached hydrogens (tertiary/aromatic N) is 1. The van der Waals surface area contributed by atoms with E-state index in [9.17, 15) is 4.79 Å². The lowest BCUT2D eigenvalue weighted by Crippen LogP contribution is -2.56. The molecule has 2 heterocycles. The Morgan fingerprint density at radius 2 is 1.95 bits per heavy atom. The Labute approximate surface area is 132 Å². The fraction of sp³-hybridized carbons (Fsp3) is 0.611. The average Bonchev–Trinajstić information content (AvgIpc) is 2.56. The van der Waals surface area contributed by atoms with E-state index in [0.29, 0.717) is 0 Å². The van der Waals surface area contributed by atoms with Gasteiger partial charge in [-0.05, 0) is 44.7 Å². The first-order valence-corrected chi connectivity index (χ1v) is 8.17. The van der Waals surface area contributed by atoms with E-state index >= 15 is 0 Å². The molecule has 1 aromatic carbocycles. The molecule has 0 bridgehead atoms. The van der Waals surface area contributed by atoms with Gasteiger partial charge in [-0.3, -0.25) is 4.79 Å². The van der Waals surface area contributed by atoms with Crippen molar-refractivity contribution in [2.45, 2.75) is 44.3 Å². The number of likely N-dealkylation sites (tertiary alicyclic amines) is 1. The molecule has 0 N–H and O–H groups in total. The summed E-state index contributed by atoms with van der Waals surface area (Å²) < 4.78 is 11.7. The summed E-state index contributed by atoms with van der Waals surface area (Å²) >= 11 is 0. The molecule has 1 amide bonds. The molecular formula is C18H25NO3. The van der Waals surface area contributed by atoms with E-state index in [2.05, 4.69) is 0 Å². The molecule has 0 aliphatic carbocycles. The van der Waals surface area contributed by atoms with E-state index in [0.717, 1.165) is 50.9 Å². The Bertz CT molecular complexity index is 518. The molecular weight excluding hydrogens is 278 g/mol. The van der Waals surface area contributed by atoms with Crippen LogP contribution in [0.3, 0.4) is 0 Å². The first-order chi connectivity index (χ1) is 10.6. The third-order valence-electron chi connectivity index (χ3n) is 5.07. The molecule has 3 rings (SSSR count). The number of hydrogen-bond acceptors (Lipinski definition) is 3. The van der Waals surface area contributed by atoms with Crippen LogP contribution >= 0.6 is 0 Å². The second kappa shape index (κ2) is 6.39. The third-order valence-corrected chi connectivity index (χ3v) is 5.07. The Kier molecular flexibility index (Phi) is 4.50. The van der Waals surface area contributed by atoms with E-state index < -0.39 is 0 Å². The van der Waals surface area contributed by atoms with Gasteiger partial charge in [0.2, 0.25) is 0 Å². The lowest BCUT2D eigenvalue weighted by molar-refractivity contribution is -0.183. The van der Waals surface area contributed by atoms with E-state index in [1.165, 1.54) is 5.56 Å². The lowest BCUT2D eigenvalue weighted by atomic mass is 9.81. The summed E-state index contributed by atoms with van der Waals surface area (Å²) in [6, 6.07) is 7.81. The van der Waals surface area contributed by atoms with E-state index in [4.69, 9.17) is 9.47 Å². The van der Waals surface area contributed by atoms with E-state index in [-0.39, 0.29) is 17.6 Å². The zero-order valence-electron chi connectivity index (χ0n) is 13.5. The highest BCUT2D eigenvalue weighted by Gasteiger charge is 2.45. The summed E-state index contributed by atoms with van der Waals surface area (Å²) in [6.07, 6.45) is 4.01. The number of benzene rings is 1. The maximum absolute atomic E-state index is 12.6. The van der Waals surface area contributed by atoms with Gasteiger partial charge in [-0.15, -0.1) is 0 Å². The number of rotatable bonds is 2. The van der Waals surface area contributed by atoms with Gasteiger partial charge < -0.3 is 14.4 Å². The number of piperidine rings is 1. The fourth-order valence-electron chi connectivity index (χ4n) is 3.67. The summed E-state index contributed by atoms with van der Waals surface area (Å²) in [4.78, 5) is 14.5. The average molecular weight is 303 g/mol.